The van der Waals surface area contributed by atoms with Gasteiger partial charge in [-0.25, -0.2) is 9.97 Å². The Kier molecular flexibility index (Phi) is 4.35. The summed E-state index contributed by atoms with van der Waals surface area (Å²) in [5.74, 6) is 0. The van der Waals surface area contributed by atoms with Gasteiger partial charge in [0.2, 0.25) is 0 Å². The standard InChI is InChI=1S/C29H20N4O2/c1-5-9-21-23(11-7-3)33-27(31-21)17-13-15-18-24-16(12-14-19(25(17)24)29(33)35)26-30-20(8-4)22(10-6-2)32(26)28(18)34/h5-15H,1-3H2,4H3/b20-8+,21-9+,22-10+,23-11+. The first kappa shape index (κ1) is 20.7. The van der Waals surface area contributed by atoms with Gasteiger partial charge < -0.3 is 0 Å². The summed E-state index contributed by atoms with van der Waals surface area (Å²) in [5, 5.41) is 6.72. The fraction of sp³-hybridized carbons (Fsp3) is 0.0345. The van der Waals surface area contributed by atoms with Crippen LogP contribution in [0.3, 0.4) is 0 Å². The molecular weight excluding hydrogens is 436 g/mol. The quantitative estimate of drug-likeness (QED) is 0.381. The maximum absolute atomic E-state index is 13.8. The largest absolute Gasteiger partial charge is 0.268 e. The van der Waals surface area contributed by atoms with Gasteiger partial charge >= 0.3 is 0 Å². The lowest BCUT2D eigenvalue weighted by molar-refractivity contribution is 1.09. The summed E-state index contributed by atoms with van der Waals surface area (Å²) in [6.45, 7) is 13.2. The summed E-state index contributed by atoms with van der Waals surface area (Å²) in [6.07, 6.45) is 12.1. The van der Waals surface area contributed by atoms with Crippen molar-refractivity contribution in [2.24, 2.45) is 0 Å². The van der Waals surface area contributed by atoms with Crippen molar-refractivity contribution in [3.05, 3.63) is 104 Å². The van der Waals surface area contributed by atoms with Gasteiger partial charge in [-0.1, -0.05) is 44.0 Å². The van der Waals surface area contributed by atoms with Crippen LogP contribution in [0, 0.1) is 0 Å². The number of benzene rings is 2. The Balaban J connectivity index is 1.99. The van der Waals surface area contributed by atoms with E-state index >= 15 is 0 Å². The van der Waals surface area contributed by atoms with Gasteiger partial charge in [-0.3, -0.25) is 18.4 Å². The Morgan fingerprint density at radius 3 is 1.54 bits per heavy atom. The lowest BCUT2D eigenvalue weighted by Crippen LogP contribution is -2.33. The van der Waals surface area contributed by atoms with Gasteiger partial charge in [0.1, 0.15) is 11.3 Å². The molecule has 0 fully saturated rings. The van der Waals surface area contributed by atoms with E-state index in [0.29, 0.717) is 43.5 Å². The van der Waals surface area contributed by atoms with Gasteiger partial charge in [0.25, 0.3) is 11.1 Å². The molecule has 2 aromatic carbocycles. The highest BCUT2D eigenvalue weighted by atomic mass is 16.1. The van der Waals surface area contributed by atoms with E-state index in [1.165, 1.54) is 0 Å². The number of rotatable bonds is 3. The monoisotopic (exact) mass is 456 g/mol. The lowest BCUT2D eigenvalue weighted by Gasteiger charge is -2.11. The van der Waals surface area contributed by atoms with Gasteiger partial charge in [-0.05, 0) is 49.4 Å². The molecule has 0 saturated heterocycles. The normalized spacial score (nSPS) is 14.5. The van der Waals surface area contributed by atoms with Crippen LogP contribution in [0.25, 0.3) is 67.9 Å². The highest BCUT2D eigenvalue weighted by molar-refractivity contribution is 6.27. The Labute approximate surface area is 198 Å². The molecule has 6 aromatic rings. The first-order valence-corrected chi connectivity index (χ1v) is 11.2. The number of hydrogen-bond donors (Lipinski definition) is 0. The van der Waals surface area contributed by atoms with Crippen LogP contribution in [0.15, 0.2) is 71.8 Å². The zero-order chi connectivity index (χ0) is 24.4. The van der Waals surface area contributed by atoms with Crippen molar-refractivity contribution in [2.45, 2.75) is 6.92 Å². The van der Waals surface area contributed by atoms with E-state index in [1.807, 2.05) is 37.3 Å². The molecule has 35 heavy (non-hydrogen) atoms. The minimum atomic E-state index is -0.204. The number of pyridine rings is 2. The van der Waals surface area contributed by atoms with E-state index in [2.05, 4.69) is 19.7 Å². The molecule has 6 nitrogen and oxygen atoms in total. The van der Waals surface area contributed by atoms with Crippen LogP contribution in [0.5, 0.6) is 0 Å². The van der Waals surface area contributed by atoms with Gasteiger partial charge in [-0.15, -0.1) is 0 Å². The fourth-order valence-corrected chi connectivity index (χ4v) is 5.13. The predicted octanol–water partition coefficient (Wildman–Crippen LogP) is 1.74. The van der Waals surface area contributed by atoms with Crippen molar-refractivity contribution in [2.75, 3.05) is 0 Å². The number of nitrogens with zero attached hydrogens (tertiary/aromatic N) is 4. The SMILES string of the molecule is C=C/C=c1/nc2c3ccc4c(=O)n5c(=C/C=C)/c(=C\C)nc5c5ccc(c(=O)n2/c1=C/C=C)c3c45. The number of aromatic nitrogens is 4. The maximum atomic E-state index is 13.8. The van der Waals surface area contributed by atoms with E-state index in [-0.39, 0.29) is 11.1 Å². The van der Waals surface area contributed by atoms with Crippen LogP contribution in [-0.2, 0) is 0 Å². The number of fused-ring (bicyclic) bond motifs is 4. The second kappa shape index (κ2) is 7.33. The molecule has 4 heterocycles. The van der Waals surface area contributed by atoms with Crippen molar-refractivity contribution in [1.82, 2.24) is 18.8 Å². The van der Waals surface area contributed by atoms with E-state index in [9.17, 15) is 9.59 Å². The maximum Gasteiger partial charge on any atom is 0.264 e. The summed E-state index contributed by atoms with van der Waals surface area (Å²) in [5.41, 5.74) is 0.685. The van der Waals surface area contributed by atoms with Crippen molar-refractivity contribution in [3.63, 3.8) is 0 Å². The molecule has 0 atom stereocenters. The molecule has 0 aliphatic carbocycles. The average molecular weight is 457 g/mol. The summed E-state index contributed by atoms with van der Waals surface area (Å²) < 4.78 is 3.22. The highest BCUT2D eigenvalue weighted by Gasteiger charge is 2.21. The van der Waals surface area contributed by atoms with Crippen LogP contribution in [0.4, 0.5) is 0 Å². The van der Waals surface area contributed by atoms with Crippen LogP contribution < -0.4 is 32.5 Å². The van der Waals surface area contributed by atoms with Crippen LogP contribution in [-0.4, -0.2) is 18.8 Å². The first-order chi connectivity index (χ1) is 17.0. The molecule has 0 bridgehead atoms. The van der Waals surface area contributed by atoms with Gasteiger partial charge in [0.15, 0.2) is 0 Å². The summed E-state index contributed by atoms with van der Waals surface area (Å²) >= 11 is 0. The van der Waals surface area contributed by atoms with Crippen LogP contribution in [0.1, 0.15) is 6.92 Å². The van der Waals surface area contributed by atoms with Crippen molar-refractivity contribution in [1.29, 1.82) is 0 Å². The lowest BCUT2D eigenvalue weighted by atomic mass is 9.96. The smallest absolute Gasteiger partial charge is 0.264 e. The summed E-state index contributed by atoms with van der Waals surface area (Å²) in [6, 6.07) is 7.37. The second-order valence-corrected chi connectivity index (χ2v) is 8.26. The van der Waals surface area contributed by atoms with Crippen LogP contribution >= 0.6 is 0 Å². The topological polar surface area (TPSA) is 68.7 Å². The molecule has 6 heteroatoms. The Bertz CT molecular complexity index is 2270. The third-order valence-electron chi connectivity index (χ3n) is 6.49. The molecule has 0 radical (unpaired) electrons. The van der Waals surface area contributed by atoms with E-state index in [1.54, 1.807) is 45.3 Å². The third-order valence-corrected chi connectivity index (χ3v) is 6.49. The second-order valence-electron chi connectivity index (χ2n) is 8.26. The molecule has 168 valence electrons. The number of imidazole rings is 2. The predicted molar refractivity (Wildman–Crippen MR) is 144 cm³/mol. The van der Waals surface area contributed by atoms with Gasteiger partial charge in [0, 0.05) is 32.3 Å². The third kappa shape index (κ3) is 2.53. The van der Waals surface area contributed by atoms with E-state index in [0.717, 1.165) is 21.5 Å². The molecule has 0 spiro atoms. The molecular formula is C29H20N4O2. The molecule has 6 rings (SSSR count). The molecule has 0 unspecified atom stereocenters. The zero-order valence-corrected chi connectivity index (χ0v) is 19.1. The molecule has 0 aliphatic heterocycles. The van der Waals surface area contributed by atoms with Crippen molar-refractivity contribution < 1.29 is 0 Å². The molecule has 0 amide bonds. The number of hydrogen-bond acceptors (Lipinski definition) is 4. The van der Waals surface area contributed by atoms with Gasteiger partial charge in [-0.2, -0.15) is 0 Å². The van der Waals surface area contributed by atoms with Crippen LogP contribution in [0.2, 0.25) is 0 Å². The minimum Gasteiger partial charge on any atom is -0.268 e. The Morgan fingerprint density at radius 2 is 1.09 bits per heavy atom. The van der Waals surface area contributed by atoms with Gasteiger partial charge in [0.05, 0.1) is 21.4 Å². The number of allylic oxidation sites excluding steroid dienone is 3. The van der Waals surface area contributed by atoms with E-state index < -0.39 is 0 Å². The molecule has 0 saturated carbocycles. The average Bonchev–Trinajstić information content (AvgIpc) is 3.41. The van der Waals surface area contributed by atoms with E-state index in [4.69, 9.17) is 9.97 Å². The highest BCUT2D eigenvalue weighted by Crippen LogP contribution is 2.33. The van der Waals surface area contributed by atoms with Crippen molar-refractivity contribution >= 4 is 67.9 Å². The molecule has 4 aromatic heterocycles. The Morgan fingerprint density at radius 1 is 0.657 bits per heavy atom. The molecule has 0 N–H and O–H groups in total. The molecule has 0 aliphatic rings. The first-order valence-electron chi connectivity index (χ1n) is 11.2. The van der Waals surface area contributed by atoms with Crippen molar-refractivity contribution in [3.8, 4) is 0 Å². The zero-order valence-electron chi connectivity index (χ0n) is 19.1. The minimum absolute atomic E-state index is 0.187. The summed E-state index contributed by atoms with van der Waals surface area (Å²) in [4.78, 5) is 37.0. The fourth-order valence-electron chi connectivity index (χ4n) is 5.13. The Hall–Kier alpha value is -4.84. The summed E-state index contributed by atoms with van der Waals surface area (Å²) in [7, 11) is 0.